The molecule has 6 nitrogen and oxygen atoms in total. The minimum atomic E-state index is -0.433. The smallest absolute Gasteiger partial charge is 0.270 e. The monoisotopic (exact) mass is 405 g/mol. The quantitative estimate of drug-likeness (QED) is 0.628. The van der Waals surface area contributed by atoms with E-state index in [0.29, 0.717) is 30.2 Å². The van der Waals surface area contributed by atoms with E-state index >= 15 is 0 Å². The SMILES string of the molecule is O=C(NCCCNC(=O)C1CCCC1)c1csc(COc2ccccc2F)n1. The molecule has 150 valence electrons. The van der Waals surface area contributed by atoms with Crippen LogP contribution in [0.25, 0.3) is 0 Å². The van der Waals surface area contributed by atoms with E-state index in [2.05, 4.69) is 15.6 Å². The molecule has 0 aliphatic heterocycles. The zero-order chi connectivity index (χ0) is 19.8. The van der Waals surface area contributed by atoms with Gasteiger partial charge >= 0.3 is 0 Å². The third kappa shape index (κ3) is 5.76. The Morgan fingerprint density at radius 2 is 1.93 bits per heavy atom. The lowest BCUT2D eigenvalue weighted by atomic mass is 10.1. The number of thiazole rings is 1. The van der Waals surface area contributed by atoms with E-state index in [1.807, 2.05) is 0 Å². The molecule has 1 aliphatic carbocycles. The molecule has 1 aromatic heterocycles. The third-order valence-electron chi connectivity index (χ3n) is 4.64. The van der Waals surface area contributed by atoms with Crippen LogP contribution < -0.4 is 15.4 Å². The van der Waals surface area contributed by atoms with Gasteiger partial charge in [0.1, 0.15) is 17.3 Å². The summed E-state index contributed by atoms with van der Waals surface area (Å²) in [6.07, 6.45) is 4.90. The van der Waals surface area contributed by atoms with Gasteiger partial charge in [0.2, 0.25) is 5.91 Å². The number of hydrogen-bond donors (Lipinski definition) is 2. The molecule has 0 saturated heterocycles. The summed E-state index contributed by atoms with van der Waals surface area (Å²) in [7, 11) is 0. The zero-order valence-corrected chi connectivity index (χ0v) is 16.4. The number of amides is 2. The van der Waals surface area contributed by atoms with E-state index in [9.17, 15) is 14.0 Å². The van der Waals surface area contributed by atoms with E-state index in [1.54, 1.807) is 23.6 Å². The first kappa shape index (κ1) is 20.3. The minimum absolute atomic E-state index is 0.103. The molecule has 0 atom stereocenters. The number of hydrogen-bond acceptors (Lipinski definition) is 5. The van der Waals surface area contributed by atoms with Gasteiger partial charge in [-0.3, -0.25) is 9.59 Å². The number of carbonyl (C=O) groups excluding carboxylic acids is 2. The van der Waals surface area contributed by atoms with Gasteiger partial charge in [-0.05, 0) is 31.4 Å². The fraction of sp³-hybridized carbons (Fsp3) is 0.450. The summed E-state index contributed by atoms with van der Waals surface area (Å²) in [5, 5.41) is 7.96. The van der Waals surface area contributed by atoms with Crippen LogP contribution in [0, 0.1) is 11.7 Å². The normalized spacial score (nSPS) is 14.0. The maximum absolute atomic E-state index is 13.5. The van der Waals surface area contributed by atoms with E-state index in [-0.39, 0.29) is 30.1 Å². The van der Waals surface area contributed by atoms with Gasteiger partial charge in [0.05, 0.1) is 0 Å². The van der Waals surface area contributed by atoms with Crippen LogP contribution in [0.5, 0.6) is 5.75 Å². The lowest BCUT2D eigenvalue weighted by molar-refractivity contribution is -0.124. The molecule has 0 radical (unpaired) electrons. The molecular formula is C20H24FN3O3S. The molecule has 1 aromatic carbocycles. The topological polar surface area (TPSA) is 80.3 Å². The second-order valence-electron chi connectivity index (χ2n) is 6.73. The summed E-state index contributed by atoms with van der Waals surface area (Å²) in [6.45, 7) is 1.11. The minimum Gasteiger partial charge on any atom is -0.483 e. The predicted molar refractivity (Wildman–Crippen MR) is 105 cm³/mol. The Bertz CT molecular complexity index is 805. The van der Waals surface area contributed by atoms with Gasteiger partial charge in [-0.1, -0.05) is 25.0 Å². The number of carbonyl (C=O) groups is 2. The van der Waals surface area contributed by atoms with Gasteiger partial charge in [0.15, 0.2) is 11.6 Å². The zero-order valence-electron chi connectivity index (χ0n) is 15.6. The number of ether oxygens (including phenoxy) is 1. The lowest BCUT2D eigenvalue weighted by Crippen LogP contribution is -2.32. The molecule has 28 heavy (non-hydrogen) atoms. The van der Waals surface area contributed by atoms with E-state index < -0.39 is 5.82 Å². The van der Waals surface area contributed by atoms with Gasteiger partial charge in [-0.2, -0.15) is 0 Å². The summed E-state index contributed by atoms with van der Waals surface area (Å²) in [5.74, 6) is -0.256. The van der Waals surface area contributed by atoms with E-state index in [4.69, 9.17) is 4.74 Å². The van der Waals surface area contributed by atoms with Crippen molar-refractivity contribution in [3.8, 4) is 5.75 Å². The van der Waals surface area contributed by atoms with Crippen molar-refractivity contribution in [2.45, 2.75) is 38.7 Å². The number of benzene rings is 1. The van der Waals surface area contributed by atoms with Crippen LogP contribution in [0.3, 0.4) is 0 Å². The molecule has 2 aromatic rings. The highest BCUT2D eigenvalue weighted by molar-refractivity contribution is 7.09. The number of para-hydroxylation sites is 1. The Morgan fingerprint density at radius 3 is 2.71 bits per heavy atom. The Hall–Kier alpha value is -2.48. The summed E-state index contributed by atoms with van der Waals surface area (Å²) >= 11 is 1.29. The van der Waals surface area contributed by atoms with Crippen molar-refractivity contribution < 1.29 is 18.7 Å². The highest BCUT2D eigenvalue weighted by atomic mass is 32.1. The van der Waals surface area contributed by atoms with Crippen molar-refractivity contribution in [2.75, 3.05) is 13.1 Å². The maximum Gasteiger partial charge on any atom is 0.270 e. The molecular weight excluding hydrogens is 381 g/mol. The van der Waals surface area contributed by atoms with Crippen molar-refractivity contribution in [3.05, 3.63) is 46.2 Å². The van der Waals surface area contributed by atoms with Crippen molar-refractivity contribution in [3.63, 3.8) is 0 Å². The highest BCUT2D eigenvalue weighted by Gasteiger charge is 2.21. The largest absolute Gasteiger partial charge is 0.483 e. The molecule has 1 fully saturated rings. The lowest BCUT2D eigenvalue weighted by Gasteiger charge is -2.10. The maximum atomic E-state index is 13.5. The second kappa shape index (κ2) is 10.2. The standard InChI is InChI=1S/C20H24FN3O3S/c21-15-8-3-4-9-17(15)27-12-18-24-16(13-28-18)20(26)23-11-5-10-22-19(25)14-6-1-2-7-14/h3-4,8-9,13-14H,1-2,5-7,10-12H2,(H,22,25)(H,23,26). The molecule has 0 bridgehead atoms. The number of nitrogens with zero attached hydrogens (tertiary/aromatic N) is 1. The molecule has 1 aliphatic rings. The van der Waals surface area contributed by atoms with Crippen LogP contribution in [0.2, 0.25) is 0 Å². The van der Waals surface area contributed by atoms with Crippen LogP contribution in [-0.2, 0) is 11.4 Å². The Balaban J connectivity index is 1.34. The van der Waals surface area contributed by atoms with Crippen LogP contribution in [0.4, 0.5) is 4.39 Å². The van der Waals surface area contributed by atoms with Gasteiger partial charge in [-0.15, -0.1) is 11.3 Å². The van der Waals surface area contributed by atoms with Gasteiger partial charge < -0.3 is 15.4 Å². The molecule has 0 spiro atoms. The Kier molecular flexibility index (Phi) is 7.36. The van der Waals surface area contributed by atoms with Crippen LogP contribution in [-0.4, -0.2) is 29.9 Å². The average molecular weight is 405 g/mol. The Morgan fingerprint density at radius 1 is 1.18 bits per heavy atom. The van der Waals surface area contributed by atoms with Crippen LogP contribution >= 0.6 is 11.3 Å². The molecule has 0 unspecified atom stereocenters. The summed E-state index contributed by atoms with van der Waals surface area (Å²) in [5.41, 5.74) is 0.312. The fourth-order valence-electron chi connectivity index (χ4n) is 3.11. The summed E-state index contributed by atoms with van der Waals surface area (Å²) in [6, 6.07) is 6.15. The van der Waals surface area contributed by atoms with Crippen molar-refractivity contribution in [1.82, 2.24) is 15.6 Å². The molecule has 8 heteroatoms. The van der Waals surface area contributed by atoms with E-state index in [0.717, 1.165) is 25.7 Å². The fourth-order valence-corrected chi connectivity index (χ4v) is 3.79. The first-order valence-corrected chi connectivity index (χ1v) is 10.4. The van der Waals surface area contributed by atoms with Crippen LogP contribution in [0.1, 0.15) is 47.6 Å². The molecule has 2 amide bonds. The highest BCUT2D eigenvalue weighted by Crippen LogP contribution is 2.24. The third-order valence-corrected chi connectivity index (χ3v) is 5.46. The molecule has 3 rings (SSSR count). The Labute approximate surface area is 167 Å². The number of aromatic nitrogens is 1. The van der Waals surface area contributed by atoms with E-state index in [1.165, 1.54) is 17.4 Å². The first-order valence-electron chi connectivity index (χ1n) is 9.51. The van der Waals surface area contributed by atoms with Crippen LogP contribution in [0.15, 0.2) is 29.6 Å². The van der Waals surface area contributed by atoms with Gasteiger partial charge in [0.25, 0.3) is 5.91 Å². The van der Waals surface area contributed by atoms with Crippen molar-refractivity contribution in [2.24, 2.45) is 5.92 Å². The average Bonchev–Trinajstić information content (AvgIpc) is 3.39. The van der Waals surface area contributed by atoms with Gasteiger partial charge in [0, 0.05) is 24.4 Å². The summed E-state index contributed by atoms with van der Waals surface area (Å²) < 4.78 is 18.9. The predicted octanol–water partition coefficient (Wildman–Crippen LogP) is 3.29. The van der Waals surface area contributed by atoms with Crippen molar-refractivity contribution >= 4 is 23.2 Å². The van der Waals surface area contributed by atoms with Crippen molar-refractivity contribution in [1.29, 1.82) is 0 Å². The van der Waals surface area contributed by atoms with Gasteiger partial charge in [-0.25, -0.2) is 9.37 Å². The first-order chi connectivity index (χ1) is 13.6. The summed E-state index contributed by atoms with van der Waals surface area (Å²) in [4.78, 5) is 28.3. The number of rotatable bonds is 9. The molecule has 1 saturated carbocycles. The molecule has 2 N–H and O–H groups in total. The molecule has 1 heterocycles. The number of halogens is 1. The number of nitrogens with one attached hydrogen (secondary N) is 2. The second-order valence-corrected chi connectivity index (χ2v) is 7.67.